The third kappa shape index (κ3) is 19.1. The number of nitrogens with two attached hydrogens (primary N) is 1. The molecule has 0 saturated carbocycles. The van der Waals surface area contributed by atoms with Gasteiger partial charge in [-0.05, 0) is 46.1 Å². The smallest absolute Gasteiger partial charge is 0.268 e. The second-order valence-electron chi connectivity index (χ2n) is 15.3. The summed E-state index contributed by atoms with van der Waals surface area (Å²) in [4.78, 5) is 0. The molecule has 44 heavy (non-hydrogen) atoms. The van der Waals surface area contributed by atoms with Gasteiger partial charge in [0.15, 0.2) is 0 Å². The molecular weight excluding hydrogens is 594 g/mol. The third-order valence-electron chi connectivity index (χ3n) is 5.59. The molecule has 0 aliphatic rings. The van der Waals surface area contributed by atoms with Crippen molar-refractivity contribution < 1.29 is 5.32 Å². The van der Waals surface area contributed by atoms with Crippen molar-refractivity contribution in [1.29, 1.82) is 0 Å². The highest BCUT2D eigenvalue weighted by Gasteiger charge is 2.17. The van der Waals surface area contributed by atoms with Crippen molar-refractivity contribution in [3.8, 4) is 45.5 Å². The van der Waals surface area contributed by atoms with E-state index in [1.807, 2.05) is 0 Å². The van der Waals surface area contributed by atoms with Gasteiger partial charge in [0.2, 0.25) is 0 Å². The predicted octanol–water partition coefficient (Wildman–Crippen LogP) is 7.96. The Bertz CT molecular complexity index is 1280. The molecule has 0 saturated heterocycles. The summed E-state index contributed by atoms with van der Waals surface area (Å²) in [6, 6.07) is 16.9. The van der Waals surface area contributed by atoms with E-state index in [1.54, 1.807) is 0 Å². The lowest BCUT2D eigenvalue weighted by atomic mass is 9.28. The lowest BCUT2D eigenvalue weighted by Gasteiger charge is -2.20. The molecule has 2 N–H and O–H groups in total. The van der Waals surface area contributed by atoms with Crippen molar-refractivity contribution in [3.05, 3.63) is 59.7 Å². The summed E-state index contributed by atoms with van der Waals surface area (Å²) in [7, 11) is 2.22. The highest BCUT2D eigenvalue weighted by Crippen LogP contribution is 2.21. The number of benzene rings is 2. The molecule has 2 aromatic carbocycles. The summed E-state index contributed by atoms with van der Waals surface area (Å²) < 4.78 is 0. The van der Waals surface area contributed by atoms with Crippen molar-refractivity contribution in [2.45, 2.75) is 117 Å². The van der Waals surface area contributed by atoms with Gasteiger partial charge in [-0.3, -0.25) is 28.6 Å². The number of hydrogen-bond donors (Lipinski definition) is 1. The van der Waals surface area contributed by atoms with Crippen molar-refractivity contribution in [3.63, 3.8) is 0 Å². The Hall–Kier alpha value is -2.43. The lowest BCUT2D eigenvalue weighted by molar-refractivity contribution is -0.479. The Morgan fingerprint density at radius 2 is 0.705 bits per heavy atom. The van der Waals surface area contributed by atoms with Crippen LogP contribution in [0.2, 0.25) is 20.2 Å². The van der Waals surface area contributed by atoms with E-state index in [-0.39, 0.29) is 20.2 Å². The number of aryl methyl sites for hydroxylation is 2. The summed E-state index contributed by atoms with van der Waals surface area (Å²) in [6.07, 6.45) is -1.64. The number of para-hydroxylation sites is 2. The Labute approximate surface area is 281 Å². The van der Waals surface area contributed by atoms with Crippen LogP contribution < -0.4 is 5.32 Å². The molecule has 0 heterocycles. The fourth-order valence-electron chi connectivity index (χ4n) is 3.21. The first-order chi connectivity index (χ1) is 20.1. The van der Waals surface area contributed by atoms with Crippen molar-refractivity contribution in [1.82, 2.24) is 0 Å². The normalized spacial score (nSPS) is 11.6. The molecule has 2 aromatic rings. The minimum Gasteiger partial charge on any atom is -0.281 e. The summed E-state index contributed by atoms with van der Waals surface area (Å²) in [6.45, 7) is 31.0. The molecule has 228 valence electrons. The molecule has 0 aliphatic carbocycles. The van der Waals surface area contributed by atoms with Crippen molar-refractivity contribution in [2.24, 2.45) is 0 Å². The van der Waals surface area contributed by atoms with E-state index in [0.29, 0.717) is 38.1 Å². The molecule has 0 unspecified atom stereocenters. The number of rotatable bonds is 2. The second kappa shape index (κ2) is 17.3. The summed E-state index contributed by atoms with van der Waals surface area (Å²) in [5, 5.41) is 3.00. The van der Waals surface area contributed by atoms with Gasteiger partial charge in [0.05, 0.1) is 0 Å². The minimum atomic E-state index is -1.64. The Balaban J connectivity index is 0.000000532. The van der Waals surface area contributed by atoms with Gasteiger partial charge in [-0.25, -0.2) is 0 Å². The first kappa shape index (κ1) is 39.6. The lowest BCUT2D eigenvalue weighted by Crippen LogP contribution is -2.71. The maximum atomic E-state index is 3.47. The molecule has 8 radical (unpaired) electrons. The molecule has 0 amide bonds. The van der Waals surface area contributed by atoms with Gasteiger partial charge in [0.1, 0.15) is 49.5 Å². The van der Waals surface area contributed by atoms with E-state index in [2.05, 4.69) is 196 Å². The topological polar surface area (TPSA) is 16.6 Å². The van der Waals surface area contributed by atoms with Gasteiger partial charge in [-0.1, -0.05) is 119 Å². The maximum Gasteiger partial charge on any atom is 0.268 e. The molecule has 0 fully saturated rings. The van der Waals surface area contributed by atoms with E-state index in [9.17, 15) is 0 Å². The number of hydrogen-bond acceptors (Lipinski definition) is 0. The summed E-state index contributed by atoms with van der Waals surface area (Å²) in [5.74, 6) is 13.9. The maximum absolute atomic E-state index is 3.47. The highest BCUT2D eigenvalue weighted by atomic mass is 28.2. The van der Waals surface area contributed by atoms with Crippen LogP contribution in [0.25, 0.3) is 0 Å². The zero-order valence-corrected chi connectivity index (χ0v) is 33.8. The van der Waals surface area contributed by atoms with Crippen LogP contribution in [0.3, 0.4) is 0 Å². The summed E-state index contributed by atoms with van der Waals surface area (Å²) >= 11 is 0. The van der Waals surface area contributed by atoms with E-state index < -0.39 is 6.15 Å². The predicted molar refractivity (Wildman–Crippen MR) is 202 cm³/mol. The second-order valence-corrected chi connectivity index (χ2v) is 23.3. The van der Waals surface area contributed by atoms with Gasteiger partial charge >= 0.3 is 0 Å². The van der Waals surface area contributed by atoms with Gasteiger partial charge in [-0.2, -0.15) is 22.2 Å². The van der Waals surface area contributed by atoms with Crippen molar-refractivity contribution in [2.75, 3.05) is 0 Å². The van der Waals surface area contributed by atoms with Crippen molar-refractivity contribution >= 4 is 55.6 Å². The minimum absolute atomic E-state index is 0.191. The quantitative estimate of drug-likeness (QED) is 0.194. The van der Waals surface area contributed by atoms with Gasteiger partial charge in [-0.15, -0.1) is 0 Å². The van der Waals surface area contributed by atoms with E-state index in [1.165, 1.54) is 22.5 Å². The van der Waals surface area contributed by atoms with E-state index >= 15 is 0 Å². The van der Waals surface area contributed by atoms with Crippen LogP contribution in [-0.2, 0) is 0 Å². The number of quaternary nitrogens is 1. The molecule has 0 aliphatic heterocycles. The van der Waals surface area contributed by atoms with E-state index in [4.69, 9.17) is 0 Å². The fourth-order valence-corrected chi connectivity index (χ4v) is 5.86. The average molecular weight is 646 g/mol. The van der Waals surface area contributed by atoms with Crippen LogP contribution in [0.5, 0.6) is 0 Å². The molecule has 6 heteroatoms. The average Bonchev–Trinajstić information content (AvgIpc) is 2.84. The van der Waals surface area contributed by atoms with Gasteiger partial charge in [0.25, 0.3) is 6.15 Å². The molecule has 1 nitrogen and oxygen atoms in total. The molecule has 2 rings (SSSR count). The Morgan fingerprint density at radius 1 is 0.455 bits per heavy atom. The fraction of sp³-hybridized carbons (Fsp3) is 0.474. The zero-order valence-electron chi connectivity index (χ0n) is 29.8. The summed E-state index contributed by atoms with van der Waals surface area (Å²) in [5.41, 5.74) is 18.9. The highest BCUT2D eigenvalue weighted by molar-refractivity contribution is 7.08. The van der Waals surface area contributed by atoms with Crippen LogP contribution in [0.1, 0.15) is 94.2 Å². The van der Waals surface area contributed by atoms with Gasteiger partial charge in [0, 0.05) is 11.1 Å². The van der Waals surface area contributed by atoms with Crippen LogP contribution >= 0.6 is 0 Å². The molecular formula is C38H52BNSi4. The standard InChI is InChI=1S/C24H36BSi4.C14H15N/c1-21(2,3)26-17-13-25(14-18-27-22(4,5)6,15-19-28-23(7,8)9)16-20-29-24(10,11)12;1-11-7-3-5-9-13(11)15-14-10-6-4-8-12(14)2/h1-12H3;3-10,15H,1-2H3/q-1;/p+1. The molecule has 0 bridgehead atoms. The van der Waals surface area contributed by atoms with Crippen LogP contribution in [0, 0.1) is 59.3 Å². The molecule has 0 spiro atoms. The van der Waals surface area contributed by atoms with E-state index in [0.717, 1.165) is 0 Å². The first-order valence-corrected chi connectivity index (χ1v) is 19.4. The monoisotopic (exact) mass is 645 g/mol. The third-order valence-corrected chi connectivity index (χ3v) is 9.67. The van der Waals surface area contributed by atoms with Gasteiger partial charge < -0.3 is 0 Å². The first-order valence-electron chi connectivity index (χ1n) is 15.4. The molecule has 0 atom stereocenters. The Kier molecular flexibility index (Phi) is 15.6. The zero-order chi connectivity index (χ0) is 33.7. The largest absolute Gasteiger partial charge is 0.281 e. The Morgan fingerprint density at radius 3 is 0.932 bits per heavy atom. The van der Waals surface area contributed by atoms with Crippen LogP contribution in [-0.4, -0.2) is 44.2 Å². The van der Waals surface area contributed by atoms with Crippen LogP contribution in [0.15, 0.2) is 48.5 Å². The van der Waals surface area contributed by atoms with Crippen LogP contribution in [0.4, 0.5) is 11.4 Å². The molecule has 0 aromatic heterocycles. The SMILES string of the molecule is CC(C)(C)[Si]C#C[B-](C#C[Si]C(C)(C)C)(C#C[Si]C(C)(C)C)C#C[Si]C(C)(C)C.Cc1ccccc1[NH2+]c1ccccc1C.